The first-order chi connectivity index (χ1) is 3.41. The highest BCUT2D eigenvalue weighted by Crippen LogP contribution is 1.74. The zero-order valence-electron chi connectivity index (χ0n) is 5.03. The second-order valence-corrected chi connectivity index (χ2v) is 1.41. The van der Waals surface area contributed by atoms with Crippen molar-refractivity contribution in [3.05, 3.63) is 0 Å². The molecular formula is C5H13NO. The molecule has 0 fully saturated rings. The average Bonchev–Trinajstić information content (AvgIpc) is 1.69. The molecule has 0 aliphatic heterocycles. The predicted octanol–water partition coefficient (Wildman–Crippen LogP) is 0.590. The van der Waals surface area contributed by atoms with Crippen LogP contribution in [0.1, 0.15) is 13.3 Å². The molecule has 0 unspecified atom stereocenters. The molecule has 0 heterocycles. The molecule has 0 amide bonds. The molecule has 0 aromatic rings. The van der Waals surface area contributed by atoms with Crippen molar-refractivity contribution in [1.29, 1.82) is 0 Å². The molecular weight excluding hydrogens is 90.1 g/mol. The summed E-state index contributed by atoms with van der Waals surface area (Å²) in [5.41, 5.74) is 0. The molecule has 1 N–H and O–H groups in total. The first-order valence-corrected chi connectivity index (χ1v) is 2.64. The SMILES string of the molecule is CCCOCNC. The normalized spacial score (nSPS) is 9.43. The van der Waals surface area contributed by atoms with Crippen molar-refractivity contribution >= 4 is 0 Å². The minimum Gasteiger partial charge on any atom is -0.366 e. The van der Waals surface area contributed by atoms with Gasteiger partial charge in [-0.05, 0) is 13.5 Å². The van der Waals surface area contributed by atoms with Gasteiger partial charge in [0.1, 0.15) is 0 Å². The molecule has 44 valence electrons. The number of hydrogen-bond donors (Lipinski definition) is 1. The van der Waals surface area contributed by atoms with Crippen LogP contribution in [0.25, 0.3) is 0 Å². The van der Waals surface area contributed by atoms with E-state index in [1.54, 1.807) is 0 Å². The molecule has 0 atom stereocenters. The van der Waals surface area contributed by atoms with E-state index in [1.165, 1.54) is 0 Å². The third-order valence-electron chi connectivity index (χ3n) is 0.595. The third kappa shape index (κ3) is 5.92. The topological polar surface area (TPSA) is 21.3 Å². The first-order valence-electron chi connectivity index (χ1n) is 2.64. The summed E-state index contributed by atoms with van der Waals surface area (Å²) < 4.78 is 5.02. The van der Waals surface area contributed by atoms with Gasteiger partial charge in [0, 0.05) is 6.61 Å². The Bertz CT molecular complexity index is 27.3. The molecule has 0 bridgehead atoms. The van der Waals surface area contributed by atoms with Crippen LogP contribution in [-0.4, -0.2) is 20.4 Å². The van der Waals surface area contributed by atoms with Gasteiger partial charge in [-0.15, -0.1) is 0 Å². The van der Waals surface area contributed by atoms with E-state index in [0.717, 1.165) is 13.0 Å². The molecule has 0 aromatic heterocycles. The lowest BCUT2D eigenvalue weighted by Crippen LogP contribution is -2.11. The number of hydrogen-bond acceptors (Lipinski definition) is 2. The maximum Gasteiger partial charge on any atom is 0.0962 e. The standard InChI is InChI=1S/C5H13NO/c1-3-4-7-5-6-2/h6H,3-5H2,1-2H3. The van der Waals surface area contributed by atoms with Gasteiger partial charge >= 0.3 is 0 Å². The van der Waals surface area contributed by atoms with Gasteiger partial charge in [-0.1, -0.05) is 6.92 Å². The minimum absolute atomic E-state index is 0.674. The van der Waals surface area contributed by atoms with Crippen molar-refractivity contribution in [3.8, 4) is 0 Å². The molecule has 7 heavy (non-hydrogen) atoms. The van der Waals surface area contributed by atoms with E-state index in [0.29, 0.717) is 6.73 Å². The van der Waals surface area contributed by atoms with Crippen molar-refractivity contribution in [1.82, 2.24) is 5.32 Å². The van der Waals surface area contributed by atoms with E-state index in [1.807, 2.05) is 7.05 Å². The Morgan fingerprint density at radius 1 is 1.57 bits per heavy atom. The molecule has 0 aromatic carbocycles. The van der Waals surface area contributed by atoms with Crippen LogP contribution in [0.2, 0.25) is 0 Å². The van der Waals surface area contributed by atoms with Crippen LogP contribution in [-0.2, 0) is 4.74 Å². The molecule has 0 radical (unpaired) electrons. The predicted molar refractivity (Wildman–Crippen MR) is 30.2 cm³/mol. The zero-order chi connectivity index (χ0) is 5.54. The summed E-state index contributed by atoms with van der Waals surface area (Å²) in [6, 6.07) is 0. The van der Waals surface area contributed by atoms with Crippen molar-refractivity contribution in [2.75, 3.05) is 20.4 Å². The largest absolute Gasteiger partial charge is 0.366 e. The number of ether oxygens (including phenoxy) is 1. The van der Waals surface area contributed by atoms with Crippen LogP contribution in [0.3, 0.4) is 0 Å². The zero-order valence-corrected chi connectivity index (χ0v) is 5.03. The van der Waals surface area contributed by atoms with E-state index >= 15 is 0 Å². The lowest BCUT2D eigenvalue weighted by atomic mass is 10.5. The summed E-state index contributed by atoms with van der Waals surface area (Å²) in [5.74, 6) is 0. The van der Waals surface area contributed by atoms with Crippen molar-refractivity contribution in [2.24, 2.45) is 0 Å². The van der Waals surface area contributed by atoms with E-state index in [2.05, 4.69) is 12.2 Å². The van der Waals surface area contributed by atoms with Gasteiger partial charge in [0.2, 0.25) is 0 Å². The van der Waals surface area contributed by atoms with E-state index < -0.39 is 0 Å². The maximum absolute atomic E-state index is 5.02. The van der Waals surface area contributed by atoms with E-state index in [9.17, 15) is 0 Å². The molecule has 0 aliphatic carbocycles. The Morgan fingerprint density at radius 3 is 2.71 bits per heavy atom. The van der Waals surface area contributed by atoms with Gasteiger partial charge in [-0.25, -0.2) is 0 Å². The van der Waals surface area contributed by atoms with Crippen LogP contribution >= 0.6 is 0 Å². The summed E-state index contributed by atoms with van der Waals surface area (Å²) in [7, 11) is 1.87. The Balaban J connectivity index is 2.45. The Morgan fingerprint density at radius 2 is 2.29 bits per heavy atom. The molecule has 0 spiro atoms. The third-order valence-corrected chi connectivity index (χ3v) is 0.595. The van der Waals surface area contributed by atoms with Gasteiger partial charge < -0.3 is 4.74 Å². The average molecular weight is 103 g/mol. The van der Waals surface area contributed by atoms with Gasteiger partial charge in [0.15, 0.2) is 0 Å². The van der Waals surface area contributed by atoms with Crippen molar-refractivity contribution in [3.63, 3.8) is 0 Å². The first kappa shape index (κ1) is 6.92. The van der Waals surface area contributed by atoms with Crippen LogP contribution in [0, 0.1) is 0 Å². The fraction of sp³-hybridized carbons (Fsp3) is 1.00. The quantitative estimate of drug-likeness (QED) is 0.415. The summed E-state index contributed by atoms with van der Waals surface area (Å²) in [6.45, 7) is 3.63. The summed E-state index contributed by atoms with van der Waals surface area (Å²) >= 11 is 0. The molecule has 2 heteroatoms. The van der Waals surface area contributed by atoms with Gasteiger partial charge in [0.25, 0.3) is 0 Å². The summed E-state index contributed by atoms with van der Waals surface area (Å²) in [4.78, 5) is 0. The number of nitrogens with one attached hydrogen (secondary N) is 1. The smallest absolute Gasteiger partial charge is 0.0962 e. The molecule has 0 saturated heterocycles. The van der Waals surface area contributed by atoms with Crippen LogP contribution < -0.4 is 5.32 Å². The highest BCUT2D eigenvalue weighted by atomic mass is 16.5. The van der Waals surface area contributed by atoms with Crippen LogP contribution in [0.4, 0.5) is 0 Å². The molecule has 0 rings (SSSR count). The highest BCUT2D eigenvalue weighted by Gasteiger charge is 1.76. The van der Waals surface area contributed by atoms with E-state index in [-0.39, 0.29) is 0 Å². The Labute approximate surface area is 44.9 Å². The Kier molecular flexibility index (Phi) is 5.85. The fourth-order valence-electron chi connectivity index (χ4n) is 0.319. The maximum atomic E-state index is 5.02. The summed E-state index contributed by atoms with van der Waals surface area (Å²) in [6.07, 6.45) is 1.10. The number of rotatable bonds is 4. The fourth-order valence-corrected chi connectivity index (χ4v) is 0.319. The monoisotopic (exact) mass is 103 g/mol. The van der Waals surface area contributed by atoms with Crippen LogP contribution in [0.15, 0.2) is 0 Å². The van der Waals surface area contributed by atoms with Gasteiger partial charge in [0.05, 0.1) is 6.73 Å². The molecule has 0 aliphatic rings. The lowest BCUT2D eigenvalue weighted by molar-refractivity contribution is 0.122. The minimum atomic E-state index is 0.674. The van der Waals surface area contributed by atoms with Gasteiger partial charge in [-0.3, -0.25) is 5.32 Å². The van der Waals surface area contributed by atoms with Crippen molar-refractivity contribution < 1.29 is 4.74 Å². The second-order valence-electron chi connectivity index (χ2n) is 1.41. The summed E-state index contributed by atoms with van der Waals surface area (Å²) in [5, 5.41) is 2.88. The highest BCUT2D eigenvalue weighted by molar-refractivity contribution is 4.22. The molecule has 2 nitrogen and oxygen atoms in total. The van der Waals surface area contributed by atoms with Crippen molar-refractivity contribution in [2.45, 2.75) is 13.3 Å². The van der Waals surface area contributed by atoms with E-state index in [4.69, 9.17) is 4.74 Å². The Hall–Kier alpha value is -0.0800. The molecule has 0 saturated carbocycles. The van der Waals surface area contributed by atoms with Gasteiger partial charge in [-0.2, -0.15) is 0 Å². The lowest BCUT2D eigenvalue weighted by Gasteiger charge is -1.97. The second kappa shape index (κ2) is 5.92. The van der Waals surface area contributed by atoms with Crippen LogP contribution in [0.5, 0.6) is 0 Å².